The van der Waals surface area contributed by atoms with Gasteiger partial charge in [0.2, 0.25) is 0 Å². The summed E-state index contributed by atoms with van der Waals surface area (Å²) in [6, 6.07) is 0. The molecule has 0 aliphatic carbocycles. The molecule has 0 amide bonds. The van der Waals surface area contributed by atoms with E-state index < -0.39 is 5.97 Å². The largest absolute Gasteiger partial charge is 0.478 e. The number of hydrogen-bond donors (Lipinski definition) is 1. The van der Waals surface area contributed by atoms with Crippen LogP contribution in [0.2, 0.25) is 0 Å². The van der Waals surface area contributed by atoms with Gasteiger partial charge >= 0.3 is 5.97 Å². The van der Waals surface area contributed by atoms with Gasteiger partial charge in [0.15, 0.2) is 0 Å². The summed E-state index contributed by atoms with van der Waals surface area (Å²) < 4.78 is 0. The van der Waals surface area contributed by atoms with Crippen LogP contribution in [0.15, 0.2) is 6.20 Å². The lowest BCUT2D eigenvalue weighted by Gasteiger charge is -2.20. The second-order valence-corrected chi connectivity index (χ2v) is 5.81. The highest BCUT2D eigenvalue weighted by Crippen LogP contribution is 2.36. The fourth-order valence-corrected chi connectivity index (χ4v) is 3.39. The van der Waals surface area contributed by atoms with Gasteiger partial charge in [-0.3, -0.25) is 0 Å². The Kier molecular flexibility index (Phi) is 4.58. The first-order chi connectivity index (χ1) is 8.72. The van der Waals surface area contributed by atoms with Crippen LogP contribution in [0.25, 0.3) is 0 Å². The maximum atomic E-state index is 11.1. The van der Waals surface area contributed by atoms with Gasteiger partial charge in [0.25, 0.3) is 0 Å². The highest BCUT2D eigenvalue weighted by molar-refractivity contribution is 7.99. The third kappa shape index (κ3) is 3.02. The standard InChI is InChI=1S/C13H18N2O2S/c1-2-5-10-9(13(16)17)8-14-12(15-10)11-6-3-4-7-18-11/h8,11H,2-7H2,1H3,(H,16,17). The van der Waals surface area contributed by atoms with Crippen molar-refractivity contribution in [1.29, 1.82) is 0 Å². The van der Waals surface area contributed by atoms with Crippen molar-refractivity contribution in [2.75, 3.05) is 5.75 Å². The monoisotopic (exact) mass is 266 g/mol. The molecule has 0 bridgehead atoms. The molecule has 18 heavy (non-hydrogen) atoms. The number of thioether (sulfide) groups is 1. The Hall–Kier alpha value is -1.10. The van der Waals surface area contributed by atoms with E-state index in [0.717, 1.165) is 24.4 Å². The molecule has 4 nitrogen and oxygen atoms in total. The van der Waals surface area contributed by atoms with Gasteiger partial charge in [0.1, 0.15) is 5.82 Å². The number of aromatic carboxylic acids is 1. The molecule has 1 aromatic heterocycles. The Labute approximate surface area is 111 Å². The summed E-state index contributed by atoms with van der Waals surface area (Å²) in [5.74, 6) is 1.03. The van der Waals surface area contributed by atoms with Crippen molar-refractivity contribution in [2.45, 2.75) is 44.3 Å². The molecule has 0 spiro atoms. The van der Waals surface area contributed by atoms with Gasteiger partial charge < -0.3 is 5.11 Å². The van der Waals surface area contributed by atoms with Crippen LogP contribution in [0.4, 0.5) is 0 Å². The van der Waals surface area contributed by atoms with Gasteiger partial charge in [-0.2, -0.15) is 11.8 Å². The lowest BCUT2D eigenvalue weighted by Crippen LogP contribution is -2.12. The molecule has 1 saturated heterocycles. The van der Waals surface area contributed by atoms with Crippen molar-refractivity contribution < 1.29 is 9.90 Å². The second kappa shape index (κ2) is 6.18. The van der Waals surface area contributed by atoms with E-state index in [0.29, 0.717) is 17.4 Å². The molecule has 2 rings (SSSR count). The summed E-state index contributed by atoms with van der Waals surface area (Å²) in [5.41, 5.74) is 0.933. The fourth-order valence-electron chi connectivity index (χ4n) is 2.14. The van der Waals surface area contributed by atoms with Crippen LogP contribution in [0, 0.1) is 0 Å². The minimum Gasteiger partial charge on any atom is -0.478 e. The Morgan fingerprint density at radius 3 is 3.00 bits per heavy atom. The van der Waals surface area contributed by atoms with Gasteiger partial charge in [0, 0.05) is 6.20 Å². The van der Waals surface area contributed by atoms with E-state index in [2.05, 4.69) is 9.97 Å². The molecule has 1 fully saturated rings. The summed E-state index contributed by atoms with van der Waals surface area (Å²) in [5, 5.41) is 9.45. The van der Waals surface area contributed by atoms with Crippen molar-refractivity contribution in [3.63, 3.8) is 0 Å². The Morgan fingerprint density at radius 2 is 2.39 bits per heavy atom. The highest BCUT2D eigenvalue weighted by Gasteiger charge is 2.21. The molecule has 0 radical (unpaired) electrons. The molecule has 1 aromatic rings. The van der Waals surface area contributed by atoms with Crippen molar-refractivity contribution in [3.05, 3.63) is 23.3 Å². The van der Waals surface area contributed by atoms with Crippen LogP contribution in [-0.4, -0.2) is 26.8 Å². The zero-order valence-corrected chi connectivity index (χ0v) is 11.4. The van der Waals surface area contributed by atoms with Crippen molar-refractivity contribution in [3.8, 4) is 0 Å². The van der Waals surface area contributed by atoms with E-state index >= 15 is 0 Å². The number of aryl methyl sites for hydroxylation is 1. The molecule has 0 aromatic carbocycles. The molecule has 98 valence electrons. The molecule has 5 heteroatoms. The van der Waals surface area contributed by atoms with Gasteiger partial charge in [-0.05, 0) is 25.0 Å². The maximum absolute atomic E-state index is 11.1. The maximum Gasteiger partial charge on any atom is 0.339 e. The van der Waals surface area contributed by atoms with Gasteiger partial charge in [-0.1, -0.05) is 19.8 Å². The molecular formula is C13H18N2O2S. The third-order valence-electron chi connectivity index (χ3n) is 3.07. The van der Waals surface area contributed by atoms with Gasteiger partial charge in [-0.25, -0.2) is 14.8 Å². The zero-order chi connectivity index (χ0) is 13.0. The minimum atomic E-state index is -0.929. The third-order valence-corrected chi connectivity index (χ3v) is 4.44. The minimum absolute atomic E-state index is 0.251. The summed E-state index contributed by atoms with van der Waals surface area (Å²) in [7, 11) is 0. The van der Waals surface area contributed by atoms with Crippen LogP contribution in [0.3, 0.4) is 0 Å². The first-order valence-corrected chi connectivity index (χ1v) is 7.48. The van der Waals surface area contributed by atoms with E-state index in [4.69, 9.17) is 5.11 Å². The van der Waals surface area contributed by atoms with Gasteiger partial charge in [-0.15, -0.1) is 0 Å². The van der Waals surface area contributed by atoms with Crippen LogP contribution in [0.5, 0.6) is 0 Å². The number of carbonyl (C=O) groups is 1. The van der Waals surface area contributed by atoms with E-state index in [-0.39, 0.29) is 5.56 Å². The van der Waals surface area contributed by atoms with Crippen molar-refractivity contribution >= 4 is 17.7 Å². The highest BCUT2D eigenvalue weighted by atomic mass is 32.2. The lowest BCUT2D eigenvalue weighted by atomic mass is 10.1. The lowest BCUT2D eigenvalue weighted by molar-refractivity contribution is 0.0694. The summed E-state index contributed by atoms with van der Waals surface area (Å²) in [6.07, 6.45) is 6.65. The van der Waals surface area contributed by atoms with Crippen LogP contribution >= 0.6 is 11.8 Å². The Bertz CT molecular complexity index is 431. The first-order valence-electron chi connectivity index (χ1n) is 6.43. The predicted octanol–water partition coefficient (Wildman–Crippen LogP) is 3.09. The number of hydrogen-bond acceptors (Lipinski definition) is 4. The average molecular weight is 266 g/mol. The van der Waals surface area contributed by atoms with E-state index in [1.165, 1.54) is 19.0 Å². The molecule has 0 saturated carbocycles. The second-order valence-electron chi connectivity index (χ2n) is 4.50. The predicted molar refractivity (Wildman–Crippen MR) is 72.0 cm³/mol. The Morgan fingerprint density at radius 1 is 1.56 bits per heavy atom. The molecule has 1 unspecified atom stereocenters. The van der Waals surface area contributed by atoms with Crippen LogP contribution < -0.4 is 0 Å². The molecule has 1 aliphatic heterocycles. The van der Waals surface area contributed by atoms with Gasteiger partial charge in [0.05, 0.1) is 16.5 Å². The molecule has 1 N–H and O–H groups in total. The zero-order valence-electron chi connectivity index (χ0n) is 10.6. The number of rotatable bonds is 4. The number of carboxylic acids is 1. The first kappa shape index (κ1) is 13.3. The van der Waals surface area contributed by atoms with Crippen LogP contribution in [-0.2, 0) is 6.42 Å². The number of nitrogens with zero attached hydrogens (tertiary/aromatic N) is 2. The Balaban J connectivity index is 2.26. The molecular weight excluding hydrogens is 248 g/mol. The fraction of sp³-hybridized carbons (Fsp3) is 0.615. The van der Waals surface area contributed by atoms with E-state index in [9.17, 15) is 4.79 Å². The quantitative estimate of drug-likeness (QED) is 0.907. The number of carboxylic acid groups (broad SMARTS) is 1. The normalized spacial score (nSPS) is 19.7. The summed E-state index contributed by atoms with van der Waals surface area (Å²) >= 11 is 1.88. The van der Waals surface area contributed by atoms with Crippen LogP contribution in [0.1, 0.15) is 59.7 Å². The molecule has 1 atom stereocenters. The van der Waals surface area contributed by atoms with E-state index in [1.807, 2.05) is 18.7 Å². The van der Waals surface area contributed by atoms with Crippen molar-refractivity contribution in [1.82, 2.24) is 9.97 Å². The summed E-state index contributed by atoms with van der Waals surface area (Å²) in [4.78, 5) is 19.8. The van der Waals surface area contributed by atoms with Crippen molar-refractivity contribution in [2.24, 2.45) is 0 Å². The number of aromatic nitrogens is 2. The molecule has 1 aliphatic rings. The SMILES string of the molecule is CCCc1nc(C2CCCCS2)ncc1C(=O)O. The topological polar surface area (TPSA) is 63.1 Å². The summed E-state index contributed by atoms with van der Waals surface area (Å²) in [6.45, 7) is 2.03. The average Bonchev–Trinajstić information content (AvgIpc) is 2.40. The molecule has 2 heterocycles. The smallest absolute Gasteiger partial charge is 0.339 e. The van der Waals surface area contributed by atoms with E-state index in [1.54, 1.807) is 0 Å².